The molecule has 2 aliphatic heterocycles. The molecule has 2 fully saturated rings. The molecule has 0 spiro atoms. The molecule has 4 atom stereocenters. The van der Waals surface area contributed by atoms with E-state index in [0.29, 0.717) is 31.5 Å². The lowest BCUT2D eigenvalue weighted by atomic mass is 10.1. The van der Waals surface area contributed by atoms with Crippen LogP contribution in [0.2, 0.25) is 0 Å². The lowest BCUT2D eigenvalue weighted by Gasteiger charge is -2.28. The number of aromatic nitrogens is 2. The summed E-state index contributed by atoms with van der Waals surface area (Å²) < 4.78 is 0. The van der Waals surface area contributed by atoms with Crippen molar-refractivity contribution in [1.29, 1.82) is 0 Å². The maximum Gasteiger partial charge on any atom is 0.326 e. The van der Waals surface area contributed by atoms with Crippen LogP contribution < -0.4 is 16.0 Å². The number of nitrogens with one attached hydrogen (secondary N) is 4. The van der Waals surface area contributed by atoms with Crippen molar-refractivity contribution in [1.82, 2.24) is 30.8 Å². The molecule has 3 rings (SSSR count). The molecule has 31 heavy (non-hydrogen) atoms. The van der Waals surface area contributed by atoms with E-state index < -0.39 is 35.9 Å². The number of carbonyl (C=O) groups is 4. The molecular formula is C19H28N6O5S. The zero-order valence-electron chi connectivity index (χ0n) is 17.0. The first-order valence-corrected chi connectivity index (χ1v) is 11.0. The summed E-state index contributed by atoms with van der Waals surface area (Å²) in [5.74, 6) is -2.33. The highest BCUT2D eigenvalue weighted by Crippen LogP contribution is 2.19. The van der Waals surface area contributed by atoms with E-state index in [1.54, 1.807) is 0 Å². The molecule has 0 aromatic carbocycles. The molecular weight excluding hydrogens is 424 g/mol. The van der Waals surface area contributed by atoms with Gasteiger partial charge in [0.25, 0.3) is 0 Å². The first kappa shape index (κ1) is 23.1. The van der Waals surface area contributed by atoms with Gasteiger partial charge in [-0.15, -0.1) is 0 Å². The van der Waals surface area contributed by atoms with Gasteiger partial charge in [-0.1, -0.05) is 0 Å². The van der Waals surface area contributed by atoms with Crippen molar-refractivity contribution in [2.24, 2.45) is 0 Å². The Morgan fingerprint density at radius 1 is 1.23 bits per heavy atom. The average molecular weight is 453 g/mol. The minimum atomic E-state index is -1.07. The molecule has 3 heterocycles. The van der Waals surface area contributed by atoms with Crippen LogP contribution in [0.3, 0.4) is 0 Å². The van der Waals surface area contributed by atoms with Gasteiger partial charge in [-0.05, 0) is 32.2 Å². The third-order valence-electron chi connectivity index (χ3n) is 5.61. The van der Waals surface area contributed by atoms with Gasteiger partial charge in [0.2, 0.25) is 17.7 Å². The van der Waals surface area contributed by atoms with Gasteiger partial charge in [-0.3, -0.25) is 14.4 Å². The summed E-state index contributed by atoms with van der Waals surface area (Å²) in [5.41, 5.74) is 0.617. The minimum absolute atomic E-state index is 0.0523. The summed E-state index contributed by atoms with van der Waals surface area (Å²) in [6.45, 7) is 1.06. The number of aliphatic carboxylic acids is 1. The number of hydrogen-bond donors (Lipinski definition) is 6. The summed E-state index contributed by atoms with van der Waals surface area (Å²) in [6.07, 6.45) is 5.64. The first-order chi connectivity index (χ1) is 14.9. The Bertz CT molecular complexity index is 798. The molecule has 3 amide bonds. The zero-order chi connectivity index (χ0) is 22.4. The monoisotopic (exact) mass is 452 g/mol. The Labute approximate surface area is 185 Å². The summed E-state index contributed by atoms with van der Waals surface area (Å²) in [5, 5.41) is 17.9. The number of rotatable bonds is 9. The number of thiol groups is 1. The minimum Gasteiger partial charge on any atom is -0.480 e. The highest BCUT2D eigenvalue weighted by Gasteiger charge is 2.38. The molecule has 1 aromatic heterocycles. The highest BCUT2D eigenvalue weighted by molar-refractivity contribution is 7.80. The van der Waals surface area contributed by atoms with Crippen LogP contribution in [0, 0.1) is 0 Å². The second-order valence-electron chi connectivity index (χ2n) is 7.76. The molecule has 0 aliphatic carbocycles. The van der Waals surface area contributed by atoms with Crippen molar-refractivity contribution in [3.05, 3.63) is 18.2 Å². The van der Waals surface area contributed by atoms with Crippen molar-refractivity contribution in [3.63, 3.8) is 0 Å². The summed E-state index contributed by atoms with van der Waals surface area (Å²) in [7, 11) is 0. The van der Waals surface area contributed by atoms with Crippen LogP contribution in [0.4, 0.5) is 0 Å². The van der Waals surface area contributed by atoms with Gasteiger partial charge in [0, 0.05) is 30.6 Å². The van der Waals surface area contributed by atoms with Crippen LogP contribution in [-0.4, -0.2) is 86.7 Å². The van der Waals surface area contributed by atoms with Crippen LogP contribution in [0.5, 0.6) is 0 Å². The SMILES string of the molecule is O=C(NC(CS)C(=O)NC(Cc1cnc[nH]1)C(=O)N1CCCC1C(=O)O)C1CCCN1. The van der Waals surface area contributed by atoms with E-state index in [-0.39, 0.29) is 24.1 Å². The van der Waals surface area contributed by atoms with Gasteiger partial charge in [0.15, 0.2) is 0 Å². The summed E-state index contributed by atoms with van der Waals surface area (Å²) in [6, 6.07) is -3.19. The molecule has 11 nitrogen and oxygen atoms in total. The molecule has 2 aliphatic rings. The number of amides is 3. The lowest BCUT2D eigenvalue weighted by Crippen LogP contribution is -2.58. The van der Waals surface area contributed by atoms with Crippen molar-refractivity contribution in [2.75, 3.05) is 18.8 Å². The van der Waals surface area contributed by atoms with Gasteiger partial charge < -0.3 is 30.9 Å². The maximum absolute atomic E-state index is 13.2. The van der Waals surface area contributed by atoms with Crippen LogP contribution >= 0.6 is 12.6 Å². The number of H-pyrrole nitrogens is 1. The fourth-order valence-electron chi connectivity index (χ4n) is 3.95. The van der Waals surface area contributed by atoms with Crippen molar-refractivity contribution >= 4 is 36.3 Å². The smallest absolute Gasteiger partial charge is 0.326 e. The average Bonchev–Trinajstić information content (AvgIpc) is 3.52. The summed E-state index contributed by atoms with van der Waals surface area (Å²) >= 11 is 4.18. The summed E-state index contributed by atoms with van der Waals surface area (Å²) in [4.78, 5) is 58.1. The van der Waals surface area contributed by atoms with Crippen molar-refractivity contribution < 1.29 is 24.3 Å². The number of carboxylic acids is 1. The Morgan fingerprint density at radius 3 is 2.65 bits per heavy atom. The number of carbonyl (C=O) groups excluding carboxylic acids is 3. The van der Waals surface area contributed by atoms with Gasteiger partial charge >= 0.3 is 5.97 Å². The van der Waals surface area contributed by atoms with Gasteiger partial charge in [0.05, 0.1) is 12.4 Å². The van der Waals surface area contributed by atoms with Crippen LogP contribution in [0.15, 0.2) is 12.5 Å². The van der Waals surface area contributed by atoms with Crippen molar-refractivity contribution in [3.8, 4) is 0 Å². The van der Waals surface area contributed by atoms with Gasteiger partial charge in [0.1, 0.15) is 18.1 Å². The van der Waals surface area contributed by atoms with Crippen LogP contribution in [0.1, 0.15) is 31.4 Å². The fourth-order valence-corrected chi connectivity index (χ4v) is 4.21. The van der Waals surface area contributed by atoms with Crippen molar-refractivity contribution in [2.45, 2.75) is 56.3 Å². The second-order valence-corrected chi connectivity index (χ2v) is 8.13. The largest absolute Gasteiger partial charge is 0.480 e. The maximum atomic E-state index is 13.2. The molecule has 5 N–H and O–H groups in total. The third-order valence-corrected chi connectivity index (χ3v) is 5.97. The third kappa shape index (κ3) is 5.76. The molecule has 170 valence electrons. The quantitative estimate of drug-likeness (QED) is 0.254. The zero-order valence-corrected chi connectivity index (χ0v) is 17.9. The molecule has 1 aromatic rings. The van der Waals surface area contributed by atoms with E-state index in [0.717, 1.165) is 13.0 Å². The molecule has 12 heteroatoms. The topological polar surface area (TPSA) is 157 Å². The van der Waals surface area contributed by atoms with E-state index in [2.05, 4.69) is 38.5 Å². The number of nitrogens with zero attached hydrogens (tertiary/aromatic N) is 2. The van der Waals surface area contributed by atoms with E-state index in [1.165, 1.54) is 17.4 Å². The second kappa shape index (κ2) is 10.6. The number of carboxylic acid groups (broad SMARTS) is 1. The molecule has 0 radical (unpaired) electrons. The standard InChI is InChI=1S/C19H28N6O5S/c26-16(12-3-1-5-21-12)24-14(9-31)17(27)23-13(7-11-8-20-10-22-11)18(28)25-6-2-4-15(25)19(29)30/h8,10,12-15,21,31H,1-7,9H2,(H,20,22)(H,23,27)(H,24,26)(H,29,30). The molecule has 4 unspecified atom stereocenters. The van der Waals surface area contributed by atoms with Gasteiger partial charge in [-0.25, -0.2) is 9.78 Å². The van der Waals surface area contributed by atoms with E-state index >= 15 is 0 Å². The molecule has 2 saturated heterocycles. The number of imidazole rings is 1. The highest BCUT2D eigenvalue weighted by atomic mass is 32.1. The number of aromatic amines is 1. The number of hydrogen-bond acceptors (Lipinski definition) is 7. The van der Waals surface area contributed by atoms with E-state index in [9.17, 15) is 24.3 Å². The van der Waals surface area contributed by atoms with E-state index in [4.69, 9.17) is 0 Å². The predicted octanol–water partition coefficient (Wildman–Crippen LogP) is -1.32. The first-order valence-electron chi connectivity index (χ1n) is 10.4. The fraction of sp³-hybridized carbons (Fsp3) is 0.632. The Balaban J connectivity index is 1.70. The molecule has 0 saturated carbocycles. The van der Waals surface area contributed by atoms with Crippen LogP contribution in [0.25, 0.3) is 0 Å². The normalized spacial score (nSPS) is 22.7. The Hall–Kier alpha value is -2.60. The molecule has 0 bridgehead atoms. The Kier molecular flexibility index (Phi) is 7.91. The predicted molar refractivity (Wildman–Crippen MR) is 113 cm³/mol. The number of likely N-dealkylation sites (tertiary alicyclic amines) is 1. The Morgan fingerprint density at radius 2 is 2.03 bits per heavy atom. The lowest BCUT2D eigenvalue weighted by molar-refractivity contribution is -0.149. The van der Waals surface area contributed by atoms with E-state index in [1.807, 2.05) is 0 Å². The van der Waals surface area contributed by atoms with Gasteiger partial charge in [-0.2, -0.15) is 12.6 Å². The van der Waals surface area contributed by atoms with Crippen LogP contribution in [-0.2, 0) is 25.6 Å².